The first kappa shape index (κ1) is 16.5. The third-order valence-electron chi connectivity index (χ3n) is 4.23. The molecule has 1 aromatic heterocycles. The first-order valence-corrected chi connectivity index (χ1v) is 8.76. The number of amides is 2. The van der Waals surface area contributed by atoms with Gasteiger partial charge in [0, 0.05) is 37.5 Å². The van der Waals surface area contributed by atoms with Gasteiger partial charge in [0.2, 0.25) is 5.91 Å². The molecule has 0 atom stereocenters. The summed E-state index contributed by atoms with van der Waals surface area (Å²) >= 11 is 1.45. The van der Waals surface area contributed by atoms with Crippen LogP contribution in [0.1, 0.15) is 12.8 Å². The molecular weight excluding hydrogens is 328 g/mol. The zero-order valence-electron chi connectivity index (χ0n) is 13.2. The summed E-state index contributed by atoms with van der Waals surface area (Å²) in [5.41, 5.74) is 0. The standard InChI is InChI=1S/C16H20N4O3S/c21-15(11-5-9-20(10-6-11)16(22)23)18-8-7-17-14-12-3-1-2-4-13(12)24-19-14/h1-4,11H,5-10H2,(H,17,19)(H,18,21)(H,22,23). The number of anilines is 1. The van der Waals surface area contributed by atoms with Gasteiger partial charge in [-0.2, -0.15) is 4.37 Å². The van der Waals surface area contributed by atoms with Crippen LogP contribution < -0.4 is 10.6 Å². The van der Waals surface area contributed by atoms with Crippen LogP contribution in [0, 0.1) is 5.92 Å². The van der Waals surface area contributed by atoms with Gasteiger partial charge in [-0.25, -0.2) is 4.79 Å². The highest BCUT2D eigenvalue weighted by atomic mass is 32.1. The fourth-order valence-electron chi connectivity index (χ4n) is 2.86. The summed E-state index contributed by atoms with van der Waals surface area (Å²) in [7, 11) is 0. The van der Waals surface area contributed by atoms with Crippen molar-refractivity contribution < 1.29 is 14.7 Å². The molecule has 1 aromatic carbocycles. The van der Waals surface area contributed by atoms with Gasteiger partial charge in [-0.3, -0.25) is 4.79 Å². The highest BCUT2D eigenvalue weighted by molar-refractivity contribution is 7.13. The van der Waals surface area contributed by atoms with Crippen LogP contribution in [0.25, 0.3) is 10.1 Å². The molecule has 8 heteroatoms. The van der Waals surface area contributed by atoms with Gasteiger partial charge < -0.3 is 20.6 Å². The molecule has 0 spiro atoms. The van der Waals surface area contributed by atoms with E-state index in [2.05, 4.69) is 15.0 Å². The van der Waals surface area contributed by atoms with E-state index in [-0.39, 0.29) is 11.8 Å². The second-order valence-electron chi connectivity index (χ2n) is 5.79. The van der Waals surface area contributed by atoms with E-state index in [1.807, 2.05) is 24.3 Å². The lowest BCUT2D eigenvalue weighted by molar-refractivity contribution is -0.126. The lowest BCUT2D eigenvalue weighted by atomic mass is 9.96. The summed E-state index contributed by atoms with van der Waals surface area (Å²) in [4.78, 5) is 24.3. The molecular formula is C16H20N4O3S. The number of piperidine rings is 1. The van der Waals surface area contributed by atoms with E-state index in [4.69, 9.17) is 5.11 Å². The van der Waals surface area contributed by atoms with E-state index in [0.29, 0.717) is 39.0 Å². The number of hydrogen-bond acceptors (Lipinski definition) is 5. The van der Waals surface area contributed by atoms with Gasteiger partial charge in [0.1, 0.15) is 5.82 Å². The molecule has 2 heterocycles. The van der Waals surface area contributed by atoms with Crippen molar-refractivity contribution >= 4 is 39.4 Å². The molecule has 0 radical (unpaired) electrons. The van der Waals surface area contributed by atoms with Crippen LogP contribution >= 0.6 is 11.5 Å². The summed E-state index contributed by atoms with van der Waals surface area (Å²) in [6, 6.07) is 8.02. The molecule has 0 bridgehead atoms. The molecule has 2 amide bonds. The summed E-state index contributed by atoms with van der Waals surface area (Å²) in [5, 5.41) is 16.2. The molecule has 1 aliphatic rings. The number of carbonyl (C=O) groups is 2. The van der Waals surface area contributed by atoms with Crippen molar-refractivity contribution in [3.8, 4) is 0 Å². The Balaban J connectivity index is 1.40. The number of nitrogens with one attached hydrogen (secondary N) is 2. The Hall–Kier alpha value is -2.35. The van der Waals surface area contributed by atoms with Gasteiger partial charge in [0.15, 0.2) is 0 Å². The maximum Gasteiger partial charge on any atom is 0.407 e. The lowest BCUT2D eigenvalue weighted by Crippen LogP contribution is -2.43. The average Bonchev–Trinajstić information content (AvgIpc) is 3.02. The second kappa shape index (κ2) is 7.48. The number of carboxylic acid groups (broad SMARTS) is 1. The smallest absolute Gasteiger partial charge is 0.407 e. The fourth-order valence-corrected chi connectivity index (χ4v) is 3.61. The Labute approximate surface area is 143 Å². The van der Waals surface area contributed by atoms with E-state index >= 15 is 0 Å². The molecule has 3 rings (SSSR count). The summed E-state index contributed by atoms with van der Waals surface area (Å²) in [6.45, 7) is 1.98. The first-order chi connectivity index (χ1) is 11.6. The molecule has 3 N–H and O–H groups in total. The van der Waals surface area contributed by atoms with Crippen LogP contribution in [0.4, 0.5) is 10.6 Å². The molecule has 128 valence electrons. The highest BCUT2D eigenvalue weighted by Gasteiger charge is 2.26. The zero-order valence-corrected chi connectivity index (χ0v) is 14.0. The van der Waals surface area contributed by atoms with Gasteiger partial charge in [0.25, 0.3) is 0 Å². The minimum Gasteiger partial charge on any atom is -0.465 e. The van der Waals surface area contributed by atoms with Crippen LogP contribution in [0.5, 0.6) is 0 Å². The Morgan fingerprint density at radius 3 is 2.75 bits per heavy atom. The second-order valence-corrected chi connectivity index (χ2v) is 6.59. The lowest BCUT2D eigenvalue weighted by Gasteiger charge is -2.29. The molecule has 1 aliphatic heterocycles. The number of rotatable bonds is 5. The predicted molar refractivity (Wildman–Crippen MR) is 93.4 cm³/mol. The molecule has 1 fully saturated rings. The van der Waals surface area contributed by atoms with Crippen LogP contribution in [-0.2, 0) is 4.79 Å². The topological polar surface area (TPSA) is 94.6 Å². The maximum absolute atomic E-state index is 12.1. The van der Waals surface area contributed by atoms with Gasteiger partial charge in [-0.1, -0.05) is 12.1 Å². The SMILES string of the molecule is O=C(NCCNc1nsc2ccccc12)C1CCN(C(=O)O)CC1. The minimum absolute atomic E-state index is 0.00461. The minimum atomic E-state index is -0.909. The van der Waals surface area contributed by atoms with E-state index in [1.165, 1.54) is 16.4 Å². The van der Waals surface area contributed by atoms with E-state index in [0.717, 1.165) is 15.9 Å². The summed E-state index contributed by atoms with van der Waals surface area (Å²) < 4.78 is 5.52. The van der Waals surface area contributed by atoms with Crippen molar-refractivity contribution in [3.05, 3.63) is 24.3 Å². The van der Waals surface area contributed by atoms with Gasteiger partial charge in [-0.05, 0) is 36.5 Å². The Kier molecular flexibility index (Phi) is 5.14. The largest absolute Gasteiger partial charge is 0.465 e. The van der Waals surface area contributed by atoms with Crippen LogP contribution in [-0.4, -0.2) is 52.6 Å². The van der Waals surface area contributed by atoms with E-state index < -0.39 is 6.09 Å². The molecule has 24 heavy (non-hydrogen) atoms. The average molecular weight is 348 g/mol. The molecule has 7 nitrogen and oxygen atoms in total. The Morgan fingerprint density at radius 1 is 1.25 bits per heavy atom. The highest BCUT2D eigenvalue weighted by Crippen LogP contribution is 2.25. The van der Waals surface area contributed by atoms with Gasteiger partial charge in [-0.15, -0.1) is 0 Å². The molecule has 0 aliphatic carbocycles. The van der Waals surface area contributed by atoms with Crippen molar-refractivity contribution in [1.82, 2.24) is 14.6 Å². The van der Waals surface area contributed by atoms with Crippen LogP contribution in [0.15, 0.2) is 24.3 Å². The number of aromatic nitrogens is 1. The number of likely N-dealkylation sites (tertiary alicyclic amines) is 1. The number of nitrogens with zero attached hydrogens (tertiary/aromatic N) is 2. The van der Waals surface area contributed by atoms with Crippen LogP contribution in [0.3, 0.4) is 0 Å². The Bertz CT molecular complexity index is 725. The van der Waals surface area contributed by atoms with E-state index in [9.17, 15) is 9.59 Å². The van der Waals surface area contributed by atoms with E-state index in [1.54, 1.807) is 0 Å². The number of benzene rings is 1. The van der Waals surface area contributed by atoms with Crippen molar-refractivity contribution in [3.63, 3.8) is 0 Å². The van der Waals surface area contributed by atoms with Crippen molar-refractivity contribution in [1.29, 1.82) is 0 Å². The fraction of sp³-hybridized carbons (Fsp3) is 0.438. The number of carbonyl (C=O) groups excluding carboxylic acids is 1. The van der Waals surface area contributed by atoms with Gasteiger partial charge >= 0.3 is 6.09 Å². The third-order valence-corrected chi connectivity index (χ3v) is 5.06. The molecule has 1 saturated heterocycles. The predicted octanol–water partition coefficient (Wildman–Crippen LogP) is 2.21. The van der Waals surface area contributed by atoms with Crippen molar-refractivity contribution in [2.45, 2.75) is 12.8 Å². The normalized spacial score (nSPS) is 15.4. The van der Waals surface area contributed by atoms with Crippen LogP contribution in [0.2, 0.25) is 0 Å². The molecule has 0 unspecified atom stereocenters. The number of fused-ring (bicyclic) bond motifs is 1. The quantitative estimate of drug-likeness (QED) is 0.720. The summed E-state index contributed by atoms with van der Waals surface area (Å²) in [6.07, 6.45) is 0.262. The zero-order chi connectivity index (χ0) is 16.9. The van der Waals surface area contributed by atoms with Crippen molar-refractivity contribution in [2.24, 2.45) is 5.92 Å². The molecule has 0 saturated carbocycles. The number of hydrogen-bond donors (Lipinski definition) is 3. The third kappa shape index (κ3) is 3.76. The summed E-state index contributed by atoms with van der Waals surface area (Å²) in [5.74, 6) is 0.755. The monoisotopic (exact) mass is 348 g/mol. The first-order valence-electron chi connectivity index (χ1n) is 7.99. The molecule has 2 aromatic rings. The van der Waals surface area contributed by atoms with Crippen molar-refractivity contribution in [2.75, 3.05) is 31.5 Å². The Morgan fingerprint density at radius 2 is 2.00 bits per heavy atom. The van der Waals surface area contributed by atoms with Gasteiger partial charge in [0.05, 0.1) is 4.70 Å². The maximum atomic E-state index is 12.1.